The second kappa shape index (κ2) is 7.00. The van der Waals surface area contributed by atoms with Crippen molar-refractivity contribution in [1.29, 1.82) is 0 Å². The number of aromatic nitrogens is 2. The number of sulfonamides is 1. The van der Waals surface area contributed by atoms with E-state index in [4.69, 9.17) is 5.73 Å². The number of nitrogens with zero attached hydrogens (tertiary/aromatic N) is 2. The van der Waals surface area contributed by atoms with Crippen molar-refractivity contribution in [2.45, 2.75) is 18.2 Å². The molecular weight excluding hydrogens is 324 g/mol. The number of nitrogens with two attached hydrogens (primary N) is 1. The van der Waals surface area contributed by atoms with E-state index in [-0.39, 0.29) is 17.7 Å². The Morgan fingerprint density at radius 1 is 1.64 bits per heavy atom. The number of hydrogen-bond acceptors (Lipinski definition) is 6. The first kappa shape index (κ1) is 16.6. The molecule has 1 aliphatic rings. The maximum atomic E-state index is 11.9. The molecule has 9 heteroatoms. The average molecular weight is 340 g/mol. The fraction of sp³-hybridized carbons (Fsp3) is 0.385. The molecule has 22 heavy (non-hydrogen) atoms. The van der Waals surface area contributed by atoms with E-state index in [1.54, 1.807) is 18.0 Å². The van der Waals surface area contributed by atoms with Gasteiger partial charge in [-0.3, -0.25) is 4.57 Å². The van der Waals surface area contributed by atoms with Gasteiger partial charge in [0, 0.05) is 11.6 Å². The molecule has 0 spiro atoms. The quantitative estimate of drug-likeness (QED) is 0.762. The molecule has 2 rings (SSSR count). The zero-order chi connectivity index (χ0) is 16.2. The molecule has 1 aromatic rings. The maximum absolute atomic E-state index is 11.9. The molecule has 0 radical (unpaired) electrons. The topological polar surface area (TPSA) is 107 Å². The Hall–Kier alpha value is -1.76. The second-order valence-corrected chi connectivity index (χ2v) is 7.53. The molecule has 0 bridgehead atoms. The van der Waals surface area contributed by atoms with E-state index in [2.05, 4.69) is 28.1 Å². The summed E-state index contributed by atoms with van der Waals surface area (Å²) >= 11 is 1.69. The lowest BCUT2D eigenvalue weighted by atomic mass is 10.3. The zero-order valence-corrected chi connectivity index (χ0v) is 13.4. The number of nitrogens with one attached hydrogen (secondary N) is 1. The molecule has 0 aliphatic carbocycles. The third kappa shape index (κ3) is 4.13. The first-order valence-electron chi connectivity index (χ1n) is 6.54. The summed E-state index contributed by atoms with van der Waals surface area (Å²) in [4.78, 5) is 15.7. The largest absolute Gasteiger partial charge is 0.382 e. The van der Waals surface area contributed by atoms with Crippen molar-refractivity contribution in [2.75, 3.05) is 18.0 Å². The summed E-state index contributed by atoms with van der Waals surface area (Å²) in [6.07, 6.45) is 3.54. The lowest BCUT2D eigenvalue weighted by molar-refractivity contribution is 0.595. The third-order valence-electron chi connectivity index (χ3n) is 3.00. The van der Waals surface area contributed by atoms with E-state index >= 15 is 0 Å². The summed E-state index contributed by atoms with van der Waals surface area (Å²) in [5.41, 5.74) is 5.71. The van der Waals surface area contributed by atoms with Gasteiger partial charge in [0.2, 0.25) is 10.0 Å². The minimum atomic E-state index is -3.51. The summed E-state index contributed by atoms with van der Waals surface area (Å²) in [5.74, 6) is 6.42. The van der Waals surface area contributed by atoms with Crippen molar-refractivity contribution >= 4 is 27.6 Å². The predicted molar refractivity (Wildman–Crippen MR) is 87.6 cm³/mol. The van der Waals surface area contributed by atoms with Gasteiger partial charge in [0.05, 0.1) is 17.5 Å². The van der Waals surface area contributed by atoms with Crippen molar-refractivity contribution in [3.05, 3.63) is 34.2 Å². The standard InChI is InChI=1S/C13H16N4O3S2/c1-2-22(19,20)15-7-3-5-10-9-17(11-6-4-8-21-11)13(18)16-12(10)14/h2,9,11,15H,1,4,6-8H2,(H2,14,16,18). The van der Waals surface area contributed by atoms with Gasteiger partial charge in [0.1, 0.15) is 5.82 Å². The minimum Gasteiger partial charge on any atom is -0.382 e. The average Bonchev–Trinajstić information content (AvgIpc) is 2.99. The number of anilines is 1. The van der Waals surface area contributed by atoms with E-state index < -0.39 is 15.7 Å². The molecule has 0 saturated carbocycles. The van der Waals surface area contributed by atoms with Crippen molar-refractivity contribution in [1.82, 2.24) is 14.3 Å². The van der Waals surface area contributed by atoms with Crippen LogP contribution in [0.2, 0.25) is 0 Å². The fourth-order valence-corrected chi connectivity index (χ4v) is 3.54. The molecule has 1 saturated heterocycles. The Labute approximate surface area is 133 Å². The minimum absolute atomic E-state index is 0.0447. The van der Waals surface area contributed by atoms with Crippen LogP contribution < -0.4 is 16.1 Å². The van der Waals surface area contributed by atoms with Crippen LogP contribution in [-0.4, -0.2) is 30.3 Å². The van der Waals surface area contributed by atoms with E-state index in [1.165, 1.54) is 4.57 Å². The molecule has 0 aromatic carbocycles. The molecule has 3 N–H and O–H groups in total. The monoisotopic (exact) mass is 340 g/mol. The van der Waals surface area contributed by atoms with Crippen LogP contribution in [0.5, 0.6) is 0 Å². The summed E-state index contributed by atoms with van der Waals surface area (Å²) in [5, 5.41) is 0.864. The summed E-state index contributed by atoms with van der Waals surface area (Å²) in [6.45, 7) is 3.10. The summed E-state index contributed by atoms with van der Waals surface area (Å²) in [7, 11) is -3.51. The summed E-state index contributed by atoms with van der Waals surface area (Å²) in [6, 6.07) is 0. The van der Waals surface area contributed by atoms with Crippen molar-refractivity contribution in [2.24, 2.45) is 0 Å². The van der Waals surface area contributed by atoms with Gasteiger partial charge >= 0.3 is 5.69 Å². The van der Waals surface area contributed by atoms with Crippen LogP contribution >= 0.6 is 11.8 Å². The van der Waals surface area contributed by atoms with Gasteiger partial charge < -0.3 is 5.73 Å². The Kier molecular flexibility index (Phi) is 5.28. The molecule has 1 aliphatic heterocycles. The van der Waals surface area contributed by atoms with Crippen LogP contribution in [0.1, 0.15) is 23.8 Å². The molecule has 7 nitrogen and oxygen atoms in total. The van der Waals surface area contributed by atoms with Gasteiger partial charge in [-0.2, -0.15) is 9.71 Å². The van der Waals surface area contributed by atoms with Crippen LogP contribution in [0.25, 0.3) is 0 Å². The van der Waals surface area contributed by atoms with Crippen LogP contribution in [-0.2, 0) is 10.0 Å². The van der Waals surface area contributed by atoms with E-state index in [0.29, 0.717) is 5.56 Å². The lowest BCUT2D eigenvalue weighted by Gasteiger charge is -2.12. The van der Waals surface area contributed by atoms with Crippen LogP contribution in [0.4, 0.5) is 5.82 Å². The highest BCUT2D eigenvalue weighted by Crippen LogP contribution is 2.34. The molecule has 1 atom stereocenters. The van der Waals surface area contributed by atoms with Crippen LogP contribution in [0.3, 0.4) is 0 Å². The zero-order valence-electron chi connectivity index (χ0n) is 11.8. The second-order valence-electron chi connectivity index (χ2n) is 4.53. The van der Waals surface area contributed by atoms with E-state index in [1.807, 2.05) is 0 Å². The van der Waals surface area contributed by atoms with Gasteiger partial charge in [0.25, 0.3) is 0 Å². The van der Waals surface area contributed by atoms with E-state index in [0.717, 1.165) is 24.0 Å². The maximum Gasteiger partial charge on any atom is 0.350 e. The van der Waals surface area contributed by atoms with Gasteiger partial charge in [-0.25, -0.2) is 13.2 Å². The molecular formula is C13H16N4O3S2. The molecule has 0 amide bonds. The molecule has 2 heterocycles. The van der Waals surface area contributed by atoms with Crippen LogP contribution in [0.15, 0.2) is 23.0 Å². The number of nitrogen functional groups attached to an aromatic ring is 1. The first-order valence-corrected chi connectivity index (χ1v) is 9.13. The Morgan fingerprint density at radius 3 is 3.05 bits per heavy atom. The van der Waals surface area contributed by atoms with Gasteiger partial charge in [0.15, 0.2) is 0 Å². The molecule has 1 aromatic heterocycles. The highest BCUT2D eigenvalue weighted by atomic mass is 32.2. The number of hydrogen-bond donors (Lipinski definition) is 2. The van der Waals surface area contributed by atoms with Crippen molar-refractivity contribution in [3.63, 3.8) is 0 Å². The number of rotatable bonds is 4. The molecule has 118 valence electrons. The predicted octanol–water partition coefficient (Wildman–Crippen LogP) is 0.266. The van der Waals surface area contributed by atoms with Gasteiger partial charge in [-0.05, 0) is 18.6 Å². The van der Waals surface area contributed by atoms with Gasteiger partial charge in [-0.1, -0.05) is 18.4 Å². The SMILES string of the molecule is C=CS(=O)(=O)NCC#Cc1cn(C2CCCS2)c(=O)nc1N. The highest BCUT2D eigenvalue weighted by molar-refractivity contribution is 7.99. The molecule has 1 fully saturated rings. The van der Waals surface area contributed by atoms with Gasteiger partial charge in [-0.15, -0.1) is 11.8 Å². The third-order valence-corrected chi connectivity index (χ3v) is 5.36. The van der Waals surface area contributed by atoms with Crippen molar-refractivity contribution < 1.29 is 8.42 Å². The summed E-state index contributed by atoms with van der Waals surface area (Å²) < 4.78 is 26.1. The highest BCUT2D eigenvalue weighted by Gasteiger charge is 2.19. The molecule has 1 unspecified atom stereocenters. The number of thioether (sulfide) groups is 1. The Bertz CT molecular complexity index is 784. The fourth-order valence-electron chi connectivity index (χ4n) is 1.90. The smallest absolute Gasteiger partial charge is 0.350 e. The van der Waals surface area contributed by atoms with Crippen molar-refractivity contribution in [3.8, 4) is 11.8 Å². The lowest BCUT2D eigenvalue weighted by Crippen LogP contribution is -2.26. The van der Waals surface area contributed by atoms with Crippen LogP contribution in [0, 0.1) is 11.8 Å². The Balaban J connectivity index is 2.19. The normalized spacial score (nSPS) is 17.7. The first-order chi connectivity index (χ1) is 10.4. The van der Waals surface area contributed by atoms with E-state index in [9.17, 15) is 13.2 Å². The Morgan fingerprint density at radius 2 is 2.41 bits per heavy atom.